The van der Waals surface area contributed by atoms with Crippen LogP contribution in [0.3, 0.4) is 0 Å². The molecule has 3 rings (SSSR count). The van der Waals surface area contributed by atoms with Gasteiger partial charge in [-0.1, -0.05) is 0 Å². The van der Waals surface area contributed by atoms with Crippen LogP contribution in [0.1, 0.15) is 12.0 Å². The molecular formula is C14H15F3N4. The lowest BCUT2D eigenvalue weighted by Gasteiger charge is -2.30. The number of rotatable bonds is 4. The van der Waals surface area contributed by atoms with Crippen LogP contribution >= 0.6 is 0 Å². The molecule has 0 unspecified atom stereocenters. The van der Waals surface area contributed by atoms with Crippen molar-refractivity contribution in [3.8, 4) is 11.3 Å². The van der Waals surface area contributed by atoms with Crippen molar-refractivity contribution in [1.82, 2.24) is 19.4 Å². The van der Waals surface area contributed by atoms with Gasteiger partial charge < -0.3 is 9.47 Å². The number of imidazole rings is 1. The third kappa shape index (κ3) is 3.24. The van der Waals surface area contributed by atoms with E-state index in [0.29, 0.717) is 11.3 Å². The van der Waals surface area contributed by atoms with Crippen LogP contribution in [0.5, 0.6) is 0 Å². The third-order valence-corrected chi connectivity index (χ3v) is 3.62. The van der Waals surface area contributed by atoms with Crippen molar-refractivity contribution in [3.63, 3.8) is 0 Å². The average molecular weight is 296 g/mol. The Morgan fingerprint density at radius 2 is 1.95 bits per heavy atom. The molecule has 2 aromatic rings. The van der Waals surface area contributed by atoms with E-state index in [9.17, 15) is 13.2 Å². The summed E-state index contributed by atoms with van der Waals surface area (Å²) < 4.78 is 39.9. The summed E-state index contributed by atoms with van der Waals surface area (Å²) in [6, 6.07) is 1.08. The van der Waals surface area contributed by atoms with E-state index in [-0.39, 0.29) is 0 Å². The van der Waals surface area contributed by atoms with E-state index in [0.717, 1.165) is 38.4 Å². The summed E-state index contributed by atoms with van der Waals surface area (Å²) >= 11 is 0. The minimum atomic E-state index is -4.39. The zero-order chi connectivity index (χ0) is 14.9. The van der Waals surface area contributed by atoms with Crippen molar-refractivity contribution < 1.29 is 13.2 Å². The van der Waals surface area contributed by atoms with Crippen LogP contribution in [0.2, 0.25) is 0 Å². The van der Waals surface area contributed by atoms with E-state index in [2.05, 4.69) is 14.9 Å². The maximum absolute atomic E-state index is 12.7. The van der Waals surface area contributed by atoms with Crippen LogP contribution in [-0.2, 0) is 12.7 Å². The fourth-order valence-corrected chi connectivity index (χ4v) is 2.23. The fourth-order valence-electron chi connectivity index (χ4n) is 2.23. The molecule has 0 aromatic carbocycles. The minimum Gasteiger partial charge on any atom is -0.336 e. The van der Waals surface area contributed by atoms with Crippen LogP contribution < -0.4 is 0 Å². The van der Waals surface area contributed by atoms with Gasteiger partial charge in [0.2, 0.25) is 0 Å². The molecule has 0 amide bonds. The highest BCUT2D eigenvalue weighted by Gasteiger charge is 2.31. The highest BCUT2D eigenvalue weighted by Crippen LogP contribution is 2.30. The van der Waals surface area contributed by atoms with Gasteiger partial charge in [0.25, 0.3) is 0 Å². The Labute approximate surface area is 120 Å². The van der Waals surface area contributed by atoms with Gasteiger partial charge in [0, 0.05) is 37.2 Å². The molecule has 0 aliphatic carbocycles. The summed E-state index contributed by atoms with van der Waals surface area (Å²) in [5.74, 6) is 0. The van der Waals surface area contributed by atoms with E-state index in [1.54, 1.807) is 12.5 Å². The molecule has 0 saturated carbocycles. The Hall–Kier alpha value is -1.89. The highest BCUT2D eigenvalue weighted by molar-refractivity contribution is 5.57. The van der Waals surface area contributed by atoms with E-state index >= 15 is 0 Å². The predicted octanol–water partition coefficient (Wildman–Crippen LogP) is 2.67. The summed E-state index contributed by atoms with van der Waals surface area (Å²) in [7, 11) is 0. The second-order valence-electron chi connectivity index (χ2n) is 5.15. The number of nitrogens with zero attached hydrogens (tertiary/aromatic N) is 4. The molecule has 1 aliphatic rings. The summed E-state index contributed by atoms with van der Waals surface area (Å²) in [5.41, 5.74) is 0.139. The van der Waals surface area contributed by atoms with E-state index in [4.69, 9.17) is 0 Å². The summed E-state index contributed by atoms with van der Waals surface area (Å²) in [4.78, 5) is 10.1. The van der Waals surface area contributed by atoms with Crippen molar-refractivity contribution in [3.05, 3.63) is 36.5 Å². The highest BCUT2D eigenvalue weighted by atomic mass is 19.4. The molecule has 112 valence electrons. The zero-order valence-electron chi connectivity index (χ0n) is 11.3. The van der Waals surface area contributed by atoms with Gasteiger partial charge in [0.05, 0.1) is 17.6 Å². The van der Waals surface area contributed by atoms with Crippen molar-refractivity contribution in [2.45, 2.75) is 19.1 Å². The van der Waals surface area contributed by atoms with Crippen LogP contribution in [0, 0.1) is 0 Å². The van der Waals surface area contributed by atoms with Crippen molar-refractivity contribution in [2.75, 3.05) is 19.6 Å². The van der Waals surface area contributed by atoms with Crippen molar-refractivity contribution in [2.24, 2.45) is 0 Å². The van der Waals surface area contributed by atoms with Crippen LogP contribution in [0.4, 0.5) is 13.2 Å². The summed E-state index contributed by atoms with van der Waals surface area (Å²) in [5, 5.41) is 0. The number of aromatic nitrogens is 3. The fraction of sp³-hybridized carbons (Fsp3) is 0.429. The van der Waals surface area contributed by atoms with Gasteiger partial charge in [-0.15, -0.1) is 0 Å². The lowest BCUT2D eigenvalue weighted by molar-refractivity contribution is -0.137. The van der Waals surface area contributed by atoms with Crippen LogP contribution in [-0.4, -0.2) is 39.1 Å². The number of pyridine rings is 1. The first-order chi connectivity index (χ1) is 10.0. The molecule has 1 fully saturated rings. The second-order valence-corrected chi connectivity index (χ2v) is 5.15. The molecule has 3 heterocycles. The van der Waals surface area contributed by atoms with Gasteiger partial charge in [0.15, 0.2) is 0 Å². The molecule has 7 heteroatoms. The van der Waals surface area contributed by atoms with E-state index in [1.165, 1.54) is 12.6 Å². The third-order valence-electron chi connectivity index (χ3n) is 3.62. The Balaban J connectivity index is 1.73. The standard InChI is InChI=1S/C14H15F3N4/c15-14(16,17)12-6-11(7-18-8-12)13-9-21(10-19-13)5-4-20-2-1-3-20/h6-10H,1-5H2. The van der Waals surface area contributed by atoms with Crippen molar-refractivity contribution >= 4 is 0 Å². The smallest absolute Gasteiger partial charge is 0.336 e. The Morgan fingerprint density at radius 1 is 1.14 bits per heavy atom. The lowest BCUT2D eigenvalue weighted by Crippen LogP contribution is -2.39. The SMILES string of the molecule is FC(F)(F)c1cncc(-c2cn(CCN3CCC3)cn2)c1. The molecule has 2 aromatic heterocycles. The molecule has 0 spiro atoms. The monoisotopic (exact) mass is 296 g/mol. The molecule has 4 nitrogen and oxygen atoms in total. The zero-order valence-corrected chi connectivity index (χ0v) is 11.3. The molecular weight excluding hydrogens is 281 g/mol. The Kier molecular flexibility index (Phi) is 3.67. The first-order valence-electron chi connectivity index (χ1n) is 6.79. The summed E-state index contributed by atoms with van der Waals surface area (Å²) in [6.45, 7) is 3.98. The largest absolute Gasteiger partial charge is 0.417 e. The first kappa shape index (κ1) is 14.1. The second kappa shape index (κ2) is 5.48. The molecule has 1 aliphatic heterocycles. The maximum atomic E-state index is 12.7. The van der Waals surface area contributed by atoms with Crippen LogP contribution in [0.25, 0.3) is 11.3 Å². The van der Waals surface area contributed by atoms with Gasteiger partial charge in [0.1, 0.15) is 0 Å². The number of hydrogen-bond donors (Lipinski definition) is 0. The topological polar surface area (TPSA) is 34.0 Å². The summed E-state index contributed by atoms with van der Waals surface area (Å²) in [6.07, 6.45) is 2.49. The van der Waals surface area contributed by atoms with Crippen LogP contribution in [0.15, 0.2) is 31.0 Å². The molecule has 1 saturated heterocycles. The minimum absolute atomic E-state index is 0.382. The van der Waals surface area contributed by atoms with Crippen molar-refractivity contribution in [1.29, 1.82) is 0 Å². The van der Waals surface area contributed by atoms with Gasteiger partial charge in [-0.05, 0) is 25.6 Å². The number of hydrogen-bond acceptors (Lipinski definition) is 3. The Morgan fingerprint density at radius 3 is 2.62 bits per heavy atom. The van der Waals surface area contributed by atoms with Gasteiger partial charge in [-0.25, -0.2) is 4.98 Å². The maximum Gasteiger partial charge on any atom is 0.417 e. The predicted molar refractivity (Wildman–Crippen MR) is 71.5 cm³/mol. The molecule has 0 radical (unpaired) electrons. The quantitative estimate of drug-likeness (QED) is 0.870. The number of alkyl halides is 3. The van der Waals surface area contributed by atoms with E-state index in [1.807, 2.05) is 4.57 Å². The van der Waals surface area contributed by atoms with Gasteiger partial charge in [-0.2, -0.15) is 13.2 Å². The van der Waals surface area contributed by atoms with E-state index < -0.39 is 11.7 Å². The van der Waals surface area contributed by atoms with Gasteiger partial charge >= 0.3 is 6.18 Å². The molecule has 0 N–H and O–H groups in total. The molecule has 0 bridgehead atoms. The normalized spacial score (nSPS) is 16.0. The molecule has 21 heavy (non-hydrogen) atoms. The first-order valence-corrected chi connectivity index (χ1v) is 6.79. The Bertz CT molecular complexity index is 617. The van der Waals surface area contributed by atoms with Gasteiger partial charge in [-0.3, -0.25) is 4.98 Å². The average Bonchev–Trinajstić information content (AvgIpc) is 2.85. The number of halogens is 3. The lowest BCUT2D eigenvalue weighted by atomic mass is 10.1. The molecule has 0 atom stereocenters. The number of likely N-dealkylation sites (tertiary alicyclic amines) is 1.